The molecule has 0 spiro atoms. The van der Waals surface area contributed by atoms with Crippen LogP contribution in [0.5, 0.6) is 5.75 Å². The van der Waals surface area contributed by atoms with E-state index in [-0.39, 0.29) is 0 Å². The van der Waals surface area contributed by atoms with Gasteiger partial charge in [0.05, 0.1) is 11.4 Å². The van der Waals surface area contributed by atoms with E-state index in [1.165, 1.54) is 0 Å². The number of carbonyl (C=O) groups is 1. The second-order valence-corrected chi connectivity index (χ2v) is 6.39. The lowest BCUT2D eigenvalue weighted by Crippen LogP contribution is -2.08. The molecule has 3 rings (SSSR count). The summed E-state index contributed by atoms with van der Waals surface area (Å²) in [4.78, 5) is 11.8. The van der Waals surface area contributed by atoms with Gasteiger partial charge in [0.15, 0.2) is 0 Å². The Morgan fingerprint density at radius 3 is 2.32 bits per heavy atom. The van der Waals surface area contributed by atoms with E-state index >= 15 is 0 Å². The molecule has 0 atom stereocenters. The average molecular weight is 395 g/mol. The summed E-state index contributed by atoms with van der Waals surface area (Å²) in [5, 5.41) is 10.3. The third kappa shape index (κ3) is 4.00. The number of carbonyl (C=O) groups excluding carboxylic acids is 1. The van der Waals surface area contributed by atoms with Crippen molar-refractivity contribution in [2.45, 2.75) is 6.92 Å². The number of esters is 1. The first-order valence-electron chi connectivity index (χ1n) is 7.61. The number of benzene rings is 3. The van der Waals surface area contributed by atoms with Crippen molar-refractivity contribution in [2.75, 3.05) is 0 Å². The molecule has 0 aliphatic carbocycles. The Morgan fingerprint density at radius 1 is 0.960 bits per heavy atom. The van der Waals surface area contributed by atoms with Crippen LogP contribution in [0.15, 0.2) is 87.5 Å². The molecule has 0 amide bonds. The Morgan fingerprint density at radius 2 is 1.64 bits per heavy atom. The van der Waals surface area contributed by atoms with Crippen LogP contribution in [0.1, 0.15) is 6.92 Å². The van der Waals surface area contributed by atoms with Gasteiger partial charge in [-0.05, 0) is 43.3 Å². The van der Waals surface area contributed by atoms with Crippen molar-refractivity contribution in [1.29, 1.82) is 0 Å². The lowest BCUT2D eigenvalue weighted by molar-refractivity contribution is -0.129. The van der Waals surface area contributed by atoms with Gasteiger partial charge in [-0.25, -0.2) is 4.79 Å². The van der Waals surface area contributed by atoms with Crippen molar-refractivity contribution >= 4 is 44.0 Å². The maximum atomic E-state index is 11.8. The minimum atomic E-state index is -0.450. The normalized spacial score (nSPS) is 11.0. The topological polar surface area (TPSA) is 51.0 Å². The van der Waals surface area contributed by atoms with Gasteiger partial charge in [0.2, 0.25) is 0 Å². The molecule has 0 aromatic heterocycles. The lowest BCUT2D eigenvalue weighted by Gasteiger charge is -2.09. The van der Waals surface area contributed by atoms with E-state index in [1.807, 2.05) is 48.5 Å². The molecule has 0 heterocycles. The third-order valence-corrected chi connectivity index (χ3v) is 4.04. The van der Waals surface area contributed by atoms with Gasteiger partial charge in [-0.15, -0.1) is 5.11 Å². The van der Waals surface area contributed by atoms with Crippen LogP contribution in [-0.4, -0.2) is 5.97 Å². The van der Waals surface area contributed by atoms with Crippen molar-refractivity contribution in [1.82, 2.24) is 0 Å². The minimum Gasteiger partial charge on any atom is -0.423 e. The molecule has 0 N–H and O–H groups in total. The first-order valence-corrected chi connectivity index (χ1v) is 8.40. The van der Waals surface area contributed by atoms with E-state index in [2.05, 4.69) is 32.7 Å². The summed E-state index contributed by atoms with van der Waals surface area (Å²) in [7, 11) is 0. The summed E-state index contributed by atoms with van der Waals surface area (Å²) >= 11 is 3.39. The standard InChI is InChI=1S/C20H15BrN2O2/c1-13(2)20(24)25-19-12-11-18(16-5-3-4-6-17(16)19)23-22-15-9-7-14(21)8-10-15/h3-12H,1H2,2H3. The van der Waals surface area contributed by atoms with Gasteiger partial charge in [-0.3, -0.25) is 0 Å². The van der Waals surface area contributed by atoms with Crippen LogP contribution in [0.2, 0.25) is 0 Å². The number of azo groups is 1. The van der Waals surface area contributed by atoms with Gasteiger partial charge in [-0.1, -0.05) is 46.8 Å². The number of hydrogen-bond acceptors (Lipinski definition) is 4. The zero-order valence-electron chi connectivity index (χ0n) is 13.6. The summed E-state index contributed by atoms with van der Waals surface area (Å²) in [6.07, 6.45) is 0. The fourth-order valence-corrected chi connectivity index (χ4v) is 2.50. The van der Waals surface area contributed by atoms with Gasteiger partial charge >= 0.3 is 5.97 Å². The molecule has 3 aromatic rings. The second kappa shape index (κ2) is 7.40. The van der Waals surface area contributed by atoms with Gasteiger partial charge < -0.3 is 4.74 Å². The Kier molecular flexibility index (Phi) is 5.05. The monoisotopic (exact) mass is 394 g/mol. The summed E-state index contributed by atoms with van der Waals surface area (Å²) in [6, 6.07) is 18.7. The van der Waals surface area contributed by atoms with Crippen LogP contribution in [0, 0.1) is 0 Å². The van der Waals surface area contributed by atoms with Gasteiger partial charge in [-0.2, -0.15) is 5.11 Å². The fraction of sp³-hybridized carbons (Fsp3) is 0.0500. The molecule has 0 aliphatic rings. The van der Waals surface area contributed by atoms with Crippen LogP contribution in [0.25, 0.3) is 10.8 Å². The smallest absolute Gasteiger partial charge is 0.338 e. The largest absolute Gasteiger partial charge is 0.423 e. The number of fused-ring (bicyclic) bond motifs is 1. The van der Waals surface area contributed by atoms with Crippen LogP contribution in [-0.2, 0) is 4.79 Å². The van der Waals surface area contributed by atoms with E-state index < -0.39 is 5.97 Å². The predicted molar refractivity (Wildman–Crippen MR) is 103 cm³/mol. The second-order valence-electron chi connectivity index (χ2n) is 5.47. The zero-order valence-corrected chi connectivity index (χ0v) is 15.2. The molecular formula is C20H15BrN2O2. The quantitative estimate of drug-likeness (QED) is 0.219. The average Bonchev–Trinajstić information content (AvgIpc) is 2.62. The Labute approximate surface area is 154 Å². The van der Waals surface area contributed by atoms with Crippen molar-refractivity contribution < 1.29 is 9.53 Å². The van der Waals surface area contributed by atoms with Crippen molar-refractivity contribution in [2.24, 2.45) is 10.2 Å². The maximum Gasteiger partial charge on any atom is 0.338 e. The molecule has 0 bridgehead atoms. The summed E-state index contributed by atoms with van der Waals surface area (Å²) in [5.74, 6) is 0.0283. The maximum absolute atomic E-state index is 11.8. The van der Waals surface area contributed by atoms with E-state index in [4.69, 9.17) is 4.74 Å². The molecule has 0 saturated carbocycles. The number of rotatable bonds is 4. The Hall–Kier alpha value is -2.79. The molecule has 124 valence electrons. The number of ether oxygens (including phenoxy) is 1. The molecule has 4 nitrogen and oxygen atoms in total. The highest BCUT2D eigenvalue weighted by Gasteiger charge is 2.11. The summed E-state index contributed by atoms with van der Waals surface area (Å²) in [6.45, 7) is 5.22. The highest BCUT2D eigenvalue weighted by Crippen LogP contribution is 2.34. The highest BCUT2D eigenvalue weighted by molar-refractivity contribution is 9.10. The first-order chi connectivity index (χ1) is 12.0. The van der Waals surface area contributed by atoms with Crippen LogP contribution in [0.3, 0.4) is 0 Å². The third-order valence-electron chi connectivity index (χ3n) is 3.51. The molecule has 25 heavy (non-hydrogen) atoms. The van der Waals surface area contributed by atoms with E-state index in [0.717, 1.165) is 20.9 Å². The summed E-state index contributed by atoms with van der Waals surface area (Å²) in [5.41, 5.74) is 1.81. The van der Waals surface area contributed by atoms with Crippen molar-refractivity contribution in [3.63, 3.8) is 0 Å². The lowest BCUT2D eigenvalue weighted by atomic mass is 10.1. The SMILES string of the molecule is C=C(C)C(=O)Oc1ccc(N=Nc2ccc(Br)cc2)c2ccccc12. The fourth-order valence-electron chi connectivity index (χ4n) is 2.24. The summed E-state index contributed by atoms with van der Waals surface area (Å²) < 4.78 is 6.39. The Balaban J connectivity index is 1.98. The number of halogens is 1. The van der Waals surface area contributed by atoms with Crippen LogP contribution >= 0.6 is 15.9 Å². The molecule has 0 unspecified atom stereocenters. The van der Waals surface area contributed by atoms with Crippen LogP contribution in [0.4, 0.5) is 11.4 Å². The van der Waals surface area contributed by atoms with Gasteiger partial charge in [0, 0.05) is 20.8 Å². The molecule has 0 aliphatic heterocycles. The first kappa shape index (κ1) is 17.0. The van der Waals surface area contributed by atoms with Crippen molar-refractivity contribution in [3.8, 4) is 5.75 Å². The molecule has 0 saturated heterocycles. The van der Waals surface area contributed by atoms with E-state index in [0.29, 0.717) is 17.0 Å². The van der Waals surface area contributed by atoms with Crippen molar-refractivity contribution in [3.05, 3.63) is 77.3 Å². The molecule has 0 fully saturated rings. The highest BCUT2D eigenvalue weighted by atomic mass is 79.9. The minimum absolute atomic E-state index is 0.350. The molecular weight excluding hydrogens is 380 g/mol. The molecule has 5 heteroatoms. The zero-order chi connectivity index (χ0) is 17.8. The molecule has 0 radical (unpaired) electrons. The predicted octanol–water partition coefficient (Wildman–Crippen LogP) is 6.50. The van der Waals surface area contributed by atoms with E-state index in [9.17, 15) is 4.79 Å². The van der Waals surface area contributed by atoms with E-state index in [1.54, 1.807) is 19.1 Å². The number of hydrogen-bond donors (Lipinski definition) is 0. The number of nitrogens with zero attached hydrogens (tertiary/aromatic N) is 2. The van der Waals surface area contributed by atoms with Crippen LogP contribution < -0.4 is 4.74 Å². The van der Waals surface area contributed by atoms with Gasteiger partial charge in [0.25, 0.3) is 0 Å². The molecule has 3 aromatic carbocycles. The Bertz CT molecular complexity index is 979. The van der Waals surface area contributed by atoms with Gasteiger partial charge in [0.1, 0.15) is 5.75 Å².